The maximum absolute atomic E-state index is 12.9. The van der Waals surface area contributed by atoms with Gasteiger partial charge >= 0.3 is 6.18 Å². The second-order valence-corrected chi connectivity index (χ2v) is 6.35. The molecule has 0 saturated heterocycles. The summed E-state index contributed by atoms with van der Waals surface area (Å²) in [7, 11) is 0. The molecule has 3 aromatic rings. The van der Waals surface area contributed by atoms with Gasteiger partial charge in [0, 0.05) is 17.1 Å². The van der Waals surface area contributed by atoms with Crippen LogP contribution in [0, 0.1) is 0 Å². The number of aromatic amines is 1. The number of rotatable bonds is 4. The molecule has 2 aromatic carbocycles. The Labute approximate surface area is 161 Å². The van der Waals surface area contributed by atoms with Crippen molar-refractivity contribution in [2.45, 2.75) is 12.6 Å². The topological polar surface area (TPSA) is 70.7 Å². The third kappa shape index (κ3) is 4.58. The van der Waals surface area contributed by atoms with Crippen molar-refractivity contribution in [2.24, 2.45) is 0 Å². The summed E-state index contributed by atoms with van der Waals surface area (Å²) in [5.41, 5.74) is -0.652. The molecule has 1 aromatic heterocycles. The summed E-state index contributed by atoms with van der Waals surface area (Å²) in [4.78, 5) is 14.6. The minimum absolute atomic E-state index is 0.0514. The van der Waals surface area contributed by atoms with Crippen molar-refractivity contribution >= 4 is 34.8 Å². The highest BCUT2D eigenvalue weighted by Crippen LogP contribution is 2.36. The lowest BCUT2D eigenvalue weighted by atomic mass is 10.1. The molecule has 0 aliphatic carbocycles. The SMILES string of the molecule is O=c1[nH]c(Nc2ccc(Cl)c(C(F)(F)F)c2)nnc1Cc1ccccc1Cl. The summed E-state index contributed by atoms with van der Waals surface area (Å²) in [5, 5.41) is 10.3. The third-order valence-corrected chi connectivity index (χ3v) is 4.31. The molecule has 0 aliphatic heterocycles. The van der Waals surface area contributed by atoms with Crippen molar-refractivity contribution in [3.05, 3.63) is 79.7 Å². The zero-order chi connectivity index (χ0) is 19.6. The van der Waals surface area contributed by atoms with Crippen LogP contribution in [0.1, 0.15) is 16.8 Å². The molecule has 3 rings (SSSR count). The van der Waals surface area contributed by atoms with Crippen molar-refractivity contribution in [1.82, 2.24) is 15.2 Å². The first-order valence-corrected chi connectivity index (χ1v) is 8.32. The number of nitrogens with zero attached hydrogens (tertiary/aromatic N) is 2. The monoisotopic (exact) mass is 414 g/mol. The van der Waals surface area contributed by atoms with Gasteiger partial charge in [0.1, 0.15) is 5.69 Å². The number of aromatic nitrogens is 3. The van der Waals surface area contributed by atoms with Crippen LogP contribution in [-0.2, 0) is 12.6 Å². The summed E-state index contributed by atoms with van der Waals surface area (Å²) in [6.45, 7) is 0. The maximum atomic E-state index is 12.9. The highest BCUT2D eigenvalue weighted by molar-refractivity contribution is 6.31. The Morgan fingerprint density at radius 3 is 2.44 bits per heavy atom. The number of nitrogens with one attached hydrogen (secondary N) is 2. The number of H-pyrrole nitrogens is 1. The number of benzene rings is 2. The summed E-state index contributed by atoms with van der Waals surface area (Å²) < 4.78 is 38.7. The van der Waals surface area contributed by atoms with Crippen LogP contribution in [0.4, 0.5) is 24.8 Å². The third-order valence-electron chi connectivity index (χ3n) is 3.61. The smallest absolute Gasteiger partial charge is 0.324 e. The van der Waals surface area contributed by atoms with E-state index < -0.39 is 22.3 Å². The van der Waals surface area contributed by atoms with Gasteiger partial charge in [-0.25, -0.2) is 0 Å². The fraction of sp³-hybridized carbons (Fsp3) is 0.118. The minimum atomic E-state index is -4.60. The van der Waals surface area contributed by atoms with Gasteiger partial charge in [-0.3, -0.25) is 9.78 Å². The lowest BCUT2D eigenvalue weighted by Gasteiger charge is -2.11. The Balaban J connectivity index is 1.83. The fourth-order valence-corrected chi connectivity index (χ4v) is 2.74. The van der Waals surface area contributed by atoms with Crippen LogP contribution in [0.5, 0.6) is 0 Å². The van der Waals surface area contributed by atoms with Crippen molar-refractivity contribution in [3.63, 3.8) is 0 Å². The highest BCUT2D eigenvalue weighted by atomic mass is 35.5. The Bertz CT molecular complexity index is 1040. The number of hydrogen-bond acceptors (Lipinski definition) is 4. The van der Waals surface area contributed by atoms with Crippen molar-refractivity contribution < 1.29 is 13.2 Å². The molecule has 0 radical (unpaired) electrons. The average Bonchev–Trinajstić information content (AvgIpc) is 2.60. The van der Waals surface area contributed by atoms with E-state index >= 15 is 0 Å². The van der Waals surface area contributed by atoms with E-state index in [4.69, 9.17) is 23.2 Å². The molecule has 0 spiro atoms. The van der Waals surface area contributed by atoms with E-state index in [1.165, 1.54) is 6.07 Å². The Morgan fingerprint density at radius 1 is 1.04 bits per heavy atom. The molecular formula is C17H11Cl2F3N4O. The Hall–Kier alpha value is -2.58. The molecule has 0 unspecified atom stereocenters. The van der Waals surface area contributed by atoms with Gasteiger partial charge in [0.05, 0.1) is 10.6 Å². The maximum Gasteiger partial charge on any atom is 0.417 e. The zero-order valence-electron chi connectivity index (χ0n) is 13.4. The van der Waals surface area contributed by atoms with E-state index in [1.54, 1.807) is 24.3 Å². The molecule has 5 nitrogen and oxygen atoms in total. The van der Waals surface area contributed by atoms with E-state index in [2.05, 4.69) is 20.5 Å². The number of anilines is 2. The fourth-order valence-electron chi connectivity index (χ4n) is 2.31. The predicted molar refractivity (Wildman–Crippen MR) is 96.6 cm³/mol. The average molecular weight is 415 g/mol. The molecule has 0 fully saturated rings. The van der Waals surface area contributed by atoms with Crippen LogP contribution in [0.3, 0.4) is 0 Å². The molecule has 1 heterocycles. The van der Waals surface area contributed by atoms with E-state index in [1.807, 2.05) is 0 Å². The van der Waals surface area contributed by atoms with E-state index in [9.17, 15) is 18.0 Å². The molecule has 0 atom stereocenters. The van der Waals surface area contributed by atoms with Gasteiger partial charge < -0.3 is 5.32 Å². The van der Waals surface area contributed by atoms with Gasteiger partial charge in [-0.1, -0.05) is 41.4 Å². The number of halogens is 5. The van der Waals surface area contributed by atoms with E-state index in [0.29, 0.717) is 10.6 Å². The Kier molecular flexibility index (Phi) is 5.38. The largest absolute Gasteiger partial charge is 0.417 e. The second-order valence-electron chi connectivity index (χ2n) is 5.53. The number of hydrogen-bond donors (Lipinski definition) is 2. The van der Waals surface area contributed by atoms with Gasteiger partial charge in [0.15, 0.2) is 0 Å². The van der Waals surface area contributed by atoms with Crippen molar-refractivity contribution in [3.8, 4) is 0 Å². The molecular weight excluding hydrogens is 404 g/mol. The first-order valence-electron chi connectivity index (χ1n) is 7.57. The van der Waals surface area contributed by atoms with Crippen LogP contribution in [0.25, 0.3) is 0 Å². The summed E-state index contributed by atoms with van der Waals surface area (Å²) in [6, 6.07) is 10.2. The predicted octanol–water partition coefficient (Wildman–Crippen LogP) is 4.82. The molecule has 0 amide bonds. The molecule has 0 bridgehead atoms. The summed E-state index contributed by atoms with van der Waals surface area (Å²) in [6.07, 6.45) is -4.44. The van der Waals surface area contributed by atoms with Crippen LogP contribution in [-0.4, -0.2) is 15.2 Å². The van der Waals surface area contributed by atoms with Gasteiger partial charge in [0.2, 0.25) is 5.95 Å². The van der Waals surface area contributed by atoms with Gasteiger partial charge in [0.25, 0.3) is 5.56 Å². The molecule has 140 valence electrons. The molecule has 0 saturated carbocycles. The molecule has 27 heavy (non-hydrogen) atoms. The zero-order valence-corrected chi connectivity index (χ0v) is 15.0. The Morgan fingerprint density at radius 2 is 1.78 bits per heavy atom. The van der Waals surface area contributed by atoms with Gasteiger partial charge in [-0.05, 0) is 29.8 Å². The summed E-state index contributed by atoms with van der Waals surface area (Å²) in [5.74, 6) is -0.0987. The first kappa shape index (κ1) is 19.2. The highest BCUT2D eigenvalue weighted by Gasteiger charge is 2.33. The standard InChI is InChI=1S/C17H11Cl2F3N4O/c18-12-4-2-1-3-9(12)7-14-15(27)24-16(26-25-14)23-10-5-6-13(19)11(8-10)17(20,21)22/h1-6,8H,7H2,(H2,23,24,26,27). The minimum Gasteiger partial charge on any atom is -0.324 e. The van der Waals surface area contributed by atoms with Crippen LogP contribution >= 0.6 is 23.2 Å². The normalized spacial score (nSPS) is 11.4. The molecule has 2 N–H and O–H groups in total. The summed E-state index contributed by atoms with van der Waals surface area (Å²) >= 11 is 11.6. The van der Waals surface area contributed by atoms with E-state index in [-0.39, 0.29) is 23.8 Å². The lowest BCUT2D eigenvalue weighted by Crippen LogP contribution is -2.19. The van der Waals surface area contributed by atoms with Gasteiger partial charge in [-0.2, -0.15) is 13.2 Å². The van der Waals surface area contributed by atoms with Crippen LogP contribution < -0.4 is 10.9 Å². The van der Waals surface area contributed by atoms with Crippen molar-refractivity contribution in [1.29, 1.82) is 0 Å². The second kappa shape index (κ2) is 7.58. The lowest BCUT2D eigenvalue weighted by molar-refractivity contribution is -0.137. The van der Waals surface area contributed by atoms with Crippen LogP contribution in [0.15, 0.2) is 47.3 Å². The van der Waals surface area contributed by atoms with Crippen molar-refractivity contribution in [2.75, 3.05) is 5.32 Å². The van der Waals surface area contributed by atoms with Crippen LogP contribution in [0.2, 0.25) is 10.0 Å². The van der Waals surface area contributed by atoms with E-state index in [0.717, 1.165) is 12.1 Å². The van der Waals surface area contributed by atoms with Gasteiger partial charge in [-0.15, -0.1) is 10.2 Å². The molecule has 10 heteroatoms. The number of alkyl halides is 3. The first-order chi connectivity index (χ1) is 12.7. The molecule has 0 aliphatic rings. The quantitative estimate of drug-likeness (QED) is 0.641.